The van der Waals surface area contributed by atoms with Gasteiger partial charge in [-0.05, 0) is 49.4 Å². The number of aromatic nitrogens is 4. The molecule has 4 rings (SSSR count). The zero-order chi connectivity index (χ0) is 21.8. The van der Waals surface area contributed by atoms with Crippen LogP contribution in [0.15, 0.2) is 42.9 Å². The van der Waals surface area contributed by atoms with Crippen LogP contribution in [0.5, 0.6) is 11.8 Å². The molecule has 4 heterocycles. The maximum absolute atomic E-state index is 12.6. The minimum atomic E-state index is -0.174. The number of carbonyl (C=O) groups is 1. The van der Waals surface area contributed by atoms with Crippen molar-refractivity contribution in [2.75, 3.05) is 20.3 Å². The second kappa shape index (κ2) is 9.13. The van der Waals surface area contributed by atoms with Crippen molar-refractivity contribution >= 4 is 5.91 Å². The van der Waals surface area contributed by atoms with Gasteiger partial charge in [-0.25, -0.2) is 9.97 Å². The predicted molar refractivity (Wildman–Crippen MR) is 113 cm³/mol. The number of hydrogen-bond donors (Lipinski definition) is 2. The Bertz CT molecular complexity index is 1040. The highest BCUT2D eigenvalue weighted by atomic mass is 16.5. The molecule has 9 heteroatoms. The number of amides is 1. The Hall–Kier alpha value is -3.46. The molecule has 1 atom stereocenters. The molecule has 31 heavy (non-hydrogen) atoms. The molecule has 2 N–H and O–H groups in total. The zero-order valence-corrected chi connectivity index (χ0v) is 17.5. The molecule has 0 bridgehead atoms. The number of aromatic hydroxyl groups is 1. The summed E-state index contributed by atoms with van der Waals surface area (Å²) in [5.74, 6) is 1.02. The topological polar surface area (TPSA) is 111 Å². The summed E-state index contributed by atoms with van der Waals surface area (Å²) in [5, 5.41) is 17.9. The molecule has 1 aliphatic rings. The summed E-state index contributed by atoms with van der Waals surface area (Å²) in [4.78, 5) is 21.0. The van der Waals surface area contributed by atoms with Crippen LogP contribution in [-0.4, -0.2) is 57.1 Å². The number of pyridine rings is 2. The van der Waals surface area contributed by atoms with Crippen molar-refractivity contribution < 1.29 is 19.4 Å². The van der Waals surface area contributed by atoms with Gasteiger partial charge in [0.1, 0.15) is 0 Å². The lowest BCUT2D eigenvalue weighted by Gasteiger charge is -2.28. The molecule has 0 spiro atoms. The van der Waals surface area contributed by atoms with Gasteiger partial charge in [-0.3, -0.25) is 4.79 Å². The molecule has 1 aliphatic heterocycles. The molecule has 162 valence electrons. The SMILES string of the molecule is COc1cc(-c2cnn(-c3ccc(C(=O)NC(C)C4CCOCC4)cn3)c2O)ccn1. The van der Waals surface area contributed by atoms with Crippen LogP contribution in [0, 0.1) is 5.92 Å². The van der Waals surface area contributed by atoms with E-state index in [-0.39, 0.29) is 17.8 Å². The molecule has 0 aromatic carbocycles. The maximum atomic E-state index is 12.6. The highest BCUT2D eigenvalue weighted by molar-refractivity contribution is 5.94. The molecule has 0 aliphatic carbocycles. The van der Waals surface area contributed by atoms with E-state index >= 15 is 0 Å². The van der Waals surface area contributed by atoms with Crippen LogP contribution in [-0.2, 0) is 4.74 Å². The van der Waals surface area contributed by atoms with Crippen molar-refractivity contribution in [1.82, 2.24) is 25.1 Å². The molecule has 1 saturated heterocycles. The fraction of sp³-hybridized carbons (Fsp3) is 0.364. The third kappa shape index (κ3) is 4.51. The molecule has 1 fully saturated rings. The monoisotopic (exact) mass is 423 g/mol. The number of rotatable bonds is 6. The number of methoxy groups -OCH3 is 1. The van der Waals surface area contributed by atoms with E-state index in [1.807, 2.05) is 6.92 Å². The van der Waals surface area contributed by atoms with Gasteiger partial charge in [0.2, 0.25) is 11.8 Å². The van der Waals surface area contributed by atoms with E-state index in [2.05, 4.69) is 20.4 Å². The Morgan fingerprint density at radius 2 is 2.06 bits per heavy atom. The van der Waals surface area contributed by atoms with E-state index in [1.165, 1.54) is 18.0 Å². The second-order valence-corrected chi connectivity index (χ2v) is 7.50. The van der Waals surface area contributed by atoms with E-state index in [0.717, 1.165) is 26.1 Å². The molecule has 0 radical (unpaired) electrons. The number of nitrogens with zero attached hydrogens (tertiary/aromatic N) is 4. The van der Waals surface area contributed by atoms with Crippen molar-refractivity contribution in [3.63, 3.8) is 0 Å². The van der Waals surface area contributed by atoms with E-state index in [1.54, 1.807) is 36.7 Å². The summed E-state index contributed by atoms with van der Waals surface area (Å²) in [6.45, 7) is 3.50. The van der Waals surface area contributed by atoms with Gasteiger partial charge in [0.15, 0.2) is 5.82 Å². The Morgan fingerprint density at radius 1 is 1.26 bits per heavy atom. The quantitative estimate of drug-likeness (QED) is 0.627. The Balaban J connectivity index is 1.48. The first-order valence-corrected chi connectivity index (χ1v) is 10.2. The highest BCUT2D eigenvalue weighted by Gasteiger charge is 2.22. The smallest absolute Gasteiger partial charge is 0.253 e. The summed E-state index contributed by atoms with van der Waals surface area (Å²) >= 11 is 0. The fourth-order valence-corrected chi connectivity index (χ4v) is 3.67. The lowest BCUT2D eigenvalue weighted by Crippen LogP contribution is -2.40. The van der Waals surface area contributed by atoms with Crippen molar-refractivity contribution in [3.8, 4) is 28.7 Å². The van der Waals surface area contributed by atoms with Crippen LogP contribution >= 0.6 is 0 Å². The van der Waals surface area contributed by atoms with Crippen LogP contribution < -0.4 is 10.1 Å². The van der Waals surface area contributed by atoms with Gasteiger partial charge in [-0.15, -0.1) is 0 Å². The summed E-state index contributed by atoms with van der Waals surface area (Å²) in [6.07, 6.45) is 6.52. The molecule has 1 unspecified atom stereocenters. The predicted octanol–water partition coefficient (Wildman–Crippen LogP) is 2.59. The van der Waals surface area contributed by atoms with Crippen molar-refractivity contribution in [1.29, 1.82) is 0 Å². The summed E-state index contributed by atoms with van der Waals surface area (Å²) in [5.41, 5.74) is 1.69. The second-order valence-electron chi connectivity index (χ2n) is 7.50. The average molecular weight is 423 g/mol. The fourth-order valence-electron chi connectivity index (χ4n) is 3.67. The van der Waals surface area contributed by atoms with E-state index in [0.29, 0.717) is 34.3 Å². The normalized spacial score (nSPS) is 15.4. The molecule has 1 amide bonds. The standard InChI is InChI=1S/C22H25N5O4/c1-14(15-6-9-31-10-7-15)26-21(28)17-3-4-19(24-12-17)27-22(29)18(13-25-27)16-5-8-23-20(11-16)30-2/h3-5,8,11-15,29H,6-7,9-10H2,1-2H3,(H,26,28). The summed E-state index contributed by atoms with van der Waals surface area (Å²) in [7, 11) is 1.53. The molecular weight excluding hydrogens is 398 g/mol. The molecule has 3 aromatic heterocycles. The first kappa shape index (κ1) is 20.8. The number of ether oxygens (including phenoxy) is 2. The Morgan fingerprint density at radius 3 is 2.77 bits per heavy atom. The molecule has 9 nitrogen and oxygen atoms in total. The van der Waals surface area contributed by atoms with Gasteiger partial charge >= 0.3 is 0 Å². The minimum Gasteiger partial charge on any atom is -0.493 e. The van der Waals surface area contributed by atoms with Gasteiger partial charge in [-0.1, -0.05) is 0 Å². The molecule has 3 aromatic rings. The number of nitrogens with one attached hydrogen (secondary N) is 1. The van der Waals surface area contributed by atoms with Gasteiger partial charge in [0.05, 0.1) is 24.4 Å². The van der Waals surface area contributed by atoms with Crippen LogP contribution in [0.1, 0.15) is 30.1 Å². The minimum absolute atomic E-state index is 0.0612. The lowest BCUT2D eigenvalue weighted by molar-refractivity contribution is 0.0538. The van der Waals surface area contributed by atoms with Gasteiger partial charge in [-0.2, -0.15) is 9.78 Å². The largest absolute Gasteiger partial charge is 0.493 e. The Labute approximate surface area is 180 Å². The number of hydrogen-bond acceptors (Lipinski definition) is 7. The van der Waals surface area contributed by atoms with Crippen LogP contribution in [0.4, 0.5) is 0 Å². The third-order valence-electron chi connectivity index (χ3n) is 5.56. The maximum Gasteiger partial charge on any atom is 0.253 e. The summed E-state index contributed by atoms with van der Waals surface area (Å²) in [6, 6.07) is 6.85. The lowest BCUT2D eigenvalue weighted by atomic mass is 9.93. The van der Waals surface area contributed by atoms with Gasteiger partial charge in [0, 0.05) is 37.7 Å². The third-order valence-corrected chi connectivity index (χ3v) is 5.56. The molecule has 0 saturated carbocycles. The highest BCUT2D eigenvalue weighted by Crippen LogP contribution is 2.31. The Kier molecular flexibility index (Phi) is 6.13. The summed E-state index contributed by atoms with van der Waals surface area (Å²) < 4.78 is 11.8. The van der Waals surface area contributed by atoms with Gasteiger partial charge in [0.25, 0.3) is 5.91 Å². The van der Waals surface area contributed by atoms with E-state index in [9.17, 15) is 9.90 Å². The van der Waals surface area contributed by atoms with Crippen molar-refractivity contribution in [2.45, 2.75) is 25.8 Å². The van der Waals surface area contributed by atoms with Crippen LogP contribution in [0.25, 0.3) is 16.9 Å². The van der Waals surface area contributed by atoms with E-state index in [4.69, 9.17) is 9.47 Å². The van der Waals surface area contributed by atoms with Gasteiger partial charge < -0.3 is 19.9 Å². The van der Waals surface area contributed by atoms with Crippen LogP contribution in [0.3, 0.4) is 0 Å². The van der Waals surface area contributed by atoms with E-state index < -0.39 is 0 Å². The number of carbonyl (C=O) groups excluding carboxylic acids is 1. The van der Waals surface area contributed by atoms with Crippen LogP contribution in [0.2, 0.25) is 0 Å². The van der Waals surface area contributed by atoms with Crippen molar-refractivity contribution in [2.24, 2.45) is 5.92 Å². The zero-order valence-electron chi connectivity index (χ0n) is 17.5. The first-order valence-electron chi connectivity index (χ1n) is 10.2. The molecular formula is C22H25N5O4. The van der Waals surface area contributed by atoms with Crippen molar-refractivity contribution in [3.05, 3.63) is 48.4 Å². The average Bonchev–Trinajstić information content (AvgIpc) is 3.21. The first-order chi connectivity index (χ1) is 15.1.